The van der Waals surface area contributed by atoms with Gasteiger partial charge in [-0.15, -0.1) is 0 Å². The van der Waals surface area contributed by atoms with Crippen LogP contribution in [0.1, 0.15) is 5.56 Å². The lowest BCUT2D eigenvalue weighted by Crippen LogP contribution is -2.05. The normalized spacial score (nSPS) is 10.2. The van der Waals surface area contributed by atoms with Crippen molar-refractivity contribution < 1.29 is 0 Å². The highest BCUT2D eigenvalue weighted by atomic mass is 32.2. The minimum Gasteiger partial charge on any atom is -0.373 e. The van der Waals surface area contributed by atoms with E-state index >= 15 is 0 Å². The van der Waals surface area contributed by atoms with E-state index < -0.39 is 0 Å². The van der Waals surface area contributed by atoms with Crippen molar-refractivity contribution >= 4 is 17.6 Å². The van der Waals surface area contributed by atoms with Gasteiger partial charge in [-0.05, 0) is 17.7 Å². The third-order valence-electron chi connectivity index (χ3n) is 2.10. The summed E-state index contributed by atoms with van der Waals surface area (Å²) in [6.45, 7) is 0. The topological polar surface area (TPSA) is 70.7 Å². The Morgan fingerprint density at radius 3 is 2.94 bits per heavy atom. The van der Waals surface area contributed by atoms with Crippen LogP contribution in [-0.4, -0.2) is 22.0 Å². The first-order chi connectivity index (χ1) is 8.28. The molecule has 0 bridgehead atoms. The lowest BCUT2D eigenvalue weighted by molar-refractivity contribution is 0.936. The van der Waals surface area contributed by atoms with Crippen molar-refractivity contribution in [2.24, 2.45) is 0 Å². The van der Waals surface area contributed by atoms with Gasteiger partial charge in [0, 0.05) is 31.3 Å². The number of nitrogens with one attached hydrogen (secondary N) is 2. The van der Waals surface area contributed by atoms with Crippen LogP contribution < -0.4 is 10.9 Å². The molecule has 2 N–H and O–H groups in total. The van der Waals surface area contributed by atoms with E-state index in [9.17, 15) is 4.79 Å². The first-order valence-electron chi connectivity index (χ1n) is 5.09. The van der Waals surface area contributed by atoms with Crippen molar-refractivity contribution in [1.29, 1.82) is 0 Å². The van der Waals surface area contributed by atoms with Crippen LogP contribution in [0.4, 0.5) is 5.82 Å². The van der Waals surface area contributed by atoms with Crippen LogP contribution in [0.3, 0.4) is 0 Å². The van der Waals surface area contributed by atoms with Gasteiger partial charge in [0.25, 0.3) is 5.56 Å². The lowest BCUT2D eigenvalue weighted by Gasteiger charge is -2.03. The second-order valence-corrected chi connectivity index (χ2v) is 4.29. The van der Waals surface area contributed by atoms with E-state index in [-0.39, 0.29) is 5.56 Å². The van der Waals surface area contributed by atoms with E-state index in [0.717, 1.165) is 17.1 Å². The van der Waals surface area contributed by atoms with E-state index in [4.69, 9.17) is 0 Å². The minimum atomic E-state index is -0.131. The fraction of sp³-hybridized carbons (Fsp3) is 0.182. The second-order valence-electron chi connectivity index (χ2n) is 3.33. The van der Waals surface area contributed by atoms with Crippen molar-refractivity contribution in [2.45, 2.75) is 10.9 Å². The summed E-state index contributed by atoms with van der Waals surface area (Å²) in [6.07, 6.45) is 3.26. The first kappa shape index (κ1) is 11.7. The average molecular weight is 248 g/mol. The predicted molar refractivity (Wildman–Crippen MR) is 68.2 cm³/mol. The van der Waals surface area contributed by atoms with Crippen molar-refractivity contribution in [2.75, 3.05) is 12.4 Å². The van der Waals surface area contributed by atoms with Gasteiger partial charge in [-0.1, -0.05) is 11.8 Å². The van der Waals surface area contributed by atoms with Crippen LogP contribution in [0.5, 0.6) is 0 Å². The molecule has 0 aromatic carbocycles. The van der Waals surface area contributed by atoms with Crippen LogP contribution in [0.15, 0.2) is 40.5 Å². The first-order valence-corrected chi connectivity index (χ1v) is 6.07. The zero-order valence-electron chi connectivity index (χ0n) is 9.30. The van der Waals surface area contributed by atoms with Crippen LogP contribution in [-0.2, 0) is 5.75 Å². The van der Waals surface area contributed by atoms with Crippen LogP contribution >= 0.6 is 11.8 Å². The molecule has 2 aromatic heterocycles. The number of H-pyrrole nitrogens is 1. The number of aromatic amines is 1. The molecule has 0 spiro atoms. The van der Waals surface area contributed by atoms with Gasteiger partial charge in [0.05, 0.1) is 0 Å². The molecular weight excluding hydrogens is 236 g/mol. The summed E-state index contributed by atoms with van der Waals surface area (Å²) in [6, 6.07) is 5.30. The molecule has 0 amide bonds. The Labute approximate surface area is 103 Å². The molecule has 0 atom stereocenters. The van der Waals surface area contributed by atoms with Crippen molar-refractivity contribution in [3.05, 3.63) is 46.5 Å². The zero-order valence-corrected chi connectivity index (χ0v) is 10.1. The third kappa shape index (κ3) is 3.32. The maximum absolute atomic E-state index is 11.1. The van der Waals surface area contributed by atoms with E-state index in [0.29, 0.717) is 5.16 Å². The summed E-state index contributed by atoms with van der Waals surface area (Å²) in [5.41, 5.74) is 0.994. The van der Waals surface area contributed by atoms with Gasteiger partial charge in [0.1, 0.15) is 5.82 Å². The fourth-order valence-electron chi connectivity index (χ4n) is 1.28. The molecule has 0 aliphatic rings. The molecule has 5 nitrogen and oxygen atoms in total. The number of hydrogen-bond acceptors (Lipinski definition) is 5. The number of thioether (sulfide) groups is 1. The number of anilines is 1. The summed E-state index contributed by atoms with van der Waals surface area (Å²) in [7, 11) is 1.83. The number of aromatic nitrogens is 3. The largest absolute Gasteiger partial charge is 0.373 e. The van der Waals surface area contributed by atoms with Gasteiger partial charge in [-0.2, -0.15) is 0 Å². The molecule has 88 valence electrons. The Kier molecular flexibility index (Phi) is 3.77. The average Bonchev–Trinajstić information content (AvgIpc) is 2.37. The molecule has 2 rings (SSSR count). The number of pyridine rings is 1. The molecule has 17 heavy (non-hydrogen) atoms. The standard InChI is InChI=1S/C11H12N4OS/c1-12-9-6-8(2-4-13-9)7-17-11-14-5-3-10(16)15-11/h2-6H,7H2,1H3,(H,12,13)(H,14,15,16). The molecule has 2 aromatic rings. The van der Waals surface area contributed by atoms with E-state index in [1.807, 2.05) is 19.2 Å². The van der Waals surface area contributed by atoms with Crippen molar-refractivity contribution in [3.63, 3.8) is 0 Å². The third-order valence-corrected chi connectivity index (χ3v) is 3.06. The van der Waals surface area contributed by atoms with Crippen molar-refractivity contribution in [1.82, 2.24) is 15.0 Å². The van der Waals surface area contributed by atoms with E-state index in [1.165, 1.54) is 24.0 Å². The van der Waals surface area contributed by atoms with Gasteiger partial charge in [-0.3, -0.25) is 4.79 Å². The summed E-state index contributed by atoms with van der Waals surface area (Å²) in [5, 5.41) is 3.61. The van der Waals surface area contributed by atoms with Crippen LogP contribution in [0.25, 0.3) is 0 Å². The summed E-state index contributed by atoms with van der Waals surface area (Å²) in [5.74, 6) is 1.57. The predicted octanol–water partition coefficient (Wildman–Crippen LogP) is 1.50. The molecular formula is C11H12N4OS. The number of rotatable bonds is 4. The van der Waals surface area contributed by atoms with Crippen LogP contribution in [0.2, 0.25) is 0 Å². The Balaban J connectivity index is 2.04. The molecule has 0 saturated heterocycles. The highest BCUT2D eigenvalue weighted by Gasteiger charge is 1.99. The summed E-state index contributed by atoms with van der Waals surface area (Å²) >= 11 is 1.48. The zero-order chi connectivity index (χ0) is 12.1. The van der Waals surface area contributed by atoms with Gasteiger partial charge in [0.15, 0.2) is 5.16 Å². The molecule has 0 aliphatic heterocycles. The monoisotopic (exact) mass is 248 g/mol. The summed E-state index contributed by atoms with van der Waals surface area (Å²) < 4.78 is 0. The highest BCUT2D eigenvalue weighted by Crippen LogP contribution is 2.18. The van der Waals surface area contributed by atoms with Gasteiger partial charge >= 0.3 is 0 Å². The molecule has 0 radical (unpaired) electrons. The molecule has 0 aliphatic carbocycles. The molecule has 0 fully saturated rings. The smallest absolute Gasteiger partial charge is 0.251 e. The number of hydrogen-bond donors (Lipinski definition) is 2. The quantitative estimate of drug-likeness (QED) is 0.634. The Bertz CT molecular complexity index is 555. The van der Waals surface area contributed by atoms with Gasteiger partial charge in [0.2, 0.25) is 0 Å². The van der Waals surface area contributed by atoms with E-state index in [1.54, 1.807) is 6.20 Å². The maximum atomic E-state index is 11.1. The molecule has 0 unspecified atom stereocenters. The van der Waals surface area contributed by atoms with Crippen LogP contribution in [0, 0.1) is 0 Å². The Morgan fingerprint density at radius 2 is 2.18 bits per heavy atom. The highest BCUT2D eigenvalue weighted by molar-refractivity contribution is 7.98. The van der Waals surface area contributed by atoms with E-state index in [2.05, 4.69) is 20.3 Å². The molecule has 6 heteroatoms. The lowest BCUT2D eigenvalue weighted by atomic mass is 10.3. The maximum Gasteiger partial charge on any atom is 0.251 e. The molecule has 2 heterocycles. The second kappa shape index (κ2) is 5.49. The number of nitrogens with zero attached hydrogens (tertiary/aromatic N) is 2. The van der Waals surface area contributed by atoms with Gasteiger partial charge in [-0.25, -0.2) is 9.97 Å². The van der Waals surface area contributed by atoms with Gasteiger partial charge < -0.3 is 10.3 Å². The fourth-order valence-corrected chi connectivity index (χ4v) is 2.07. The summed E-state index contributed by atoms with van der Waals surface area (Å²) in [4.78, 5) is 22.0. The SMILES string of the molecule is CNc1cc(CSc2nccc(=O)[nH]2)ccn1. The Morgan fingerprint density at radius 1 is 1.35 bits per heavy atom. The Hall–Kier alpha value is -1.82. The molecule has 0 saturated carbocycles. The van der Waals surface area contributed by atoms with Crippen molar-refractivity contribution in [3.8, 4) is 0 Å². The minimum absolute atomic E-state index is 0.131.